The molecule has 1 unspecified atom stereocenters. The maximum absolute atomic E-state index is 12.4. The van der Waals surface area contributed by atoms with Crippen LogP contribution in [0.1, 0.15) is 16.8 Å². The van der Waals surface area contributed by atoms with Crippen molar-refractivity contribution in [1.82, 2.24) is 0 Å². The molecule has 1 fully saturated rings. The van der Waals surface area contributed by atoms with Crippen LogP contribution in [0.5, 0.6) is 5.75 Å². The number of amides is 2. The summed E-state index contributed by atoms with van der Waals surface area (Å²) in [6, 6.07) is 13.2. The highest BCUT2D eigenvalue weighted by atomic mass is 16.5. The highest BCUT2D eigenvalue weighted by molar-refractivity contribution is 6.00. The number of carbonyl (C=O) groups excluding carboxylic acids is 4. The Balaban J connectivity index is 1.54. The largest absolute Gasteiger partial charge is 0.495 e. The second-order valence-corrected chi connectivity index (χ2v) is 6.80. The number of nitrogens with zero attached hydrogens (tertiary/aromatic N) is 1. The molecule has 162 valence electrons. The third kappa shape index (κ3) is 5.19. The molecule has 0 radical (unpaired) electrons. The van der Waals surface area contributed by atoms with Gasteiger partial charge in [-0.25, -0.2) is 4.79 Å². The quantitative estimate of drug-likeness (QED) is 0.674. The monoisotopic (exact) mass is 426 g/mol. The Bertz CT molecular complexity index is 988. The zero-order valence-corrected chi connectivity index (χ0v) is 17.1. The van der Waals surface area contributed by atoms with E-state index in [1.807, 2.05) is 0 Å². The molecule has 1 heterocycles. The first kappa shape index (κ1) is 21.8. The lowest BCUT2D eigenvalue weighted by atomic mass is 10.1. The smallest absolute Gasteiger partial charge is 0.337 e. The van der Waals surface area contributed by atoms with E-state index in [4.69, 9.17) is 9.47 Å². The molecular formula is C22H22N2O7. The summed E-state index contributed by atoms with van der Waals surface area (Å²) in [6.45, 7) is -0.348. The van der Waals surface area contributed by atoms with E-state index in [0.717, 1.165) is 0 Å². The summed E-state index contributed by atoms with van der Waals surface area (Å²) in [5, 5.41) is 2.61. The van der Waals surface area contributed by atoms with Crippen molar-refractivity contribution in [2.75, 3.05) is 37.6 Å². The van der Waals surface area contributed by atoms with Crippen LogP contribution in [-0.2, 0) is 23.9 Å². The maximum Gasteiger partial charge on any atom is 0.337 e. The molecule has 2 aromatic rings. The minimum atomic E-state index is -0.688. The van der Waals surface area contributed by atoms with Gasteiger partial charge >= 0.3 is 11.9 Å². The number of para-hydroxylation sites is 2. The third-order valence-electron chi connectivity index (χ3n) is 4.79. The van der Waals surface area contributed by atoms with E-state index in [2.05, 4.69) is 10.1 Å². The molecule has 2 amide bonds. The molecule has 9 nitrogen and oxygen atoms in total. The van der Waals surface area contributed by atoms with Crippen molar-refractivity contribution in [1.29, 1.82) is 0 Å². The Labute approximate surface area is 178 Å². The van der Waals surface area contributed by atoms with Gasteiger partial charge in [0.25, 0.3) is 5.91 Å². The van der Waals surface area contributed by atoms with E-state index < -0.39 is 30.4 Å². The van der Waals surface area contributed by atoms with Gasteiger partial charge in [0, 0.05) is 18.7 Å². The predicted molar refractivity (Wildman–Crippen MR) is 111 cm³/mol. The number of hydrogen-bond donors (Lipinski definition) is 1. The summed E-state index contributed by atoms with van der Waals surface area (Å²) < 4.78 is 14.9. The molecule has 31 heavy (non-hydrogen) atoms. The number of rotatable bonds is 7. The number of esters is 2. The van der Waals surface area contributed by atoms with Crippen LogP contribution in [0.3, 0.4) is 0 Å². The molecule has 3 rings (SSSR count). The Morgan fingerprint density at radius 3 is 2.45 bits per heavy atom. The highest BCUT2D eigenvalue weighted by Gasteiger charge is 2.36. The topological polar surface area (TPSA) is 111 Å². The summed E-state index contributed by atoms with van der Waals surface area (Å²) >= 11 is 0. The van der Waals surface area contributed by atoms with Crippen LogP contribution in [0.4, 0.5) is 11.4 Å². The van der Waals surface area contributed by atoms with Gasteiger partial charge in [-0.05, 0) is 36.4 Å². The van der Waals surface area contributed by atoms with E-state index in [-0.39, 0.29) is 18.9 Å². The molecular weight excluding hydrogens is 404 g/mol. The van der Waals surface area contributed by atoms with E-state index in [1.165, 1.54) is 19.1 Å². The molecule has 1 saturated heterocycles. The van der Waals surface area contributed by atoms with Crippen molar-refractivity contribution in [3.63, 3.8) is 0 Å². The minimum absolute atomic E-state index is 0.0221. The standard InChI is InChI=1S/C22H22N2O7/c1-29-18-6-4-3-5-17(18)23-19(25)13-31-22(28)15-11-20(26)24(12-15)16-9-7-14(8-10-16)21(27)30-2/h3-10,15H,11-13H2,1-2H3,(H,23,25). The van der Waals surface area contributed by atoms with Gasteiger partial charge in [0.15, 0.2) is 6.61 Å². The summed E-state index contributed by atoms with van der Waals surface area (Å²) in [5.41, 5.74) is 1.38. The van der Waals surface area contributed by atoms with Crippen molar-refractivity contribution in [3.05, 3.63) is 54.1 Å². The Morgan fingerprint density at radius 2 is 1.77 bits per heavy atom. The van der Waals surface area contributed by atoms with Gasteiger partial charge in [0.1, 0.15) is 5.75 Å². The molecule has 1 N–H and O–H groups in total. The molecule has 0 saturated carbocycles. The normalized spacial score (nSPS) is 15.4. The fourth-order valence-corrected chi connectivity index (χ4v) is 3.20. The van der Waals surface area contributed by atoms with Gasteiger partial charge < -0.3 is 24.4 Å². The molecule has 9 heteroatoms. The van der Waals surface area contributed by atoms with Crippen LogP contribution in [0.15, 0.2) is 48.5 Å². The Hall–Kier alpha value is -3.88. The van der Waals surface area contributed by atoms with Gasteiger partial charge in [-0.2, -0.15) is 0 Å². The molecule has 2 aromatic carbocycles. The number of carbonyl (C=O) groups is 4. The number of ether oxygens (including phenoxy) is 3. The van der Waals surface area contributed by atoms with Gasteiger partial charge in [-0.1, -0.05) is 12.1 Å². The Kier molecular flexibility index (Phi) is 6.86. The van der Waals surface area contributed by atoms with E-state index in [9.17, 15) is 19.2 Å². The number of methoxy groups -OCH3 is 2. The first-order chi connectivity index (χ1) is 14.9. The fourth-order valence-electron chi connectivity index (χ4n) is 3.20. The summed E-state index contributed by atoms with van der Waals surface area (Å²) in [6.07, 6.45) is -0.0221. The molecule has 1 aliphatic heterocycles. The lowest BCUT2D eigenvalue weighted by molar-refractivity contribution is -0.151. The van der Waals surface area contributed by atoms with Gasteiger partial charge in [0.2, 0.25) is 5.91 Å². The lowest BCUT2D eigenvalue weighted by Crippen LogP contribution is -2.28. The van der Waals surface area contributed by atoms with E-state index in [1.54, 1.807) is 48.5 Å². The van der Waals surface area contributed by atoms with Gasteiger partial charge in [0.05, 0.1) is 31.4 Å². The lowest BCUT2D eigenvalue weighted by Gasteiger charge is -2.17. The molecule has 0 spiro atoms. The van der Waals surface area contributed by atoms with Crippen molar-refractivity contribution in [3.8, 4) is 5.75 Å². The number of nitrogens with one attached hydrogen (secondary N) is 1. The van der Waals surface area contributed by atoms with Gasteiger partial charge in [-0.3, -0.25) is 14.4 Å². The first-order valence-electron chi connectivity index (χ1n) is 9.51. The predicted octanol–water partition coefficient (Wildman–Crippen LogP) is 2.02. The number of hydrogen-bond acceptors (Lipinski definition) is 7. The average molecular weight is 426 g/mol. The maximum atomic E-state index is 12.4. The fraction of sp³-hybridized carbons (Fsp3) is 0.273. The average Bonchev–Trinajstić information content (AvgIpc) is 3.19. The zero-order valence-electron chi connectivity index (χ0n) is 17.1. The second kappa shape index (κ2) is 9.75. The minimum Gasteiger partial charge on any atom is -0.495 e. The van der Waals surface area contributed by atoms with Gasteiger partial charge in [-0.15, -0.1) is 0 Å². The zero-order chi connectivity index (χ0) is 22.4. The number of benzene rings is 2. The summed E-state index contributed by atoms with van der Waals surface area (Å²) in [7, 11) is 2.77. The number of anilines is 2. The van der Waals surface area contributed by atoms with E-state index in [0.29, 0.717) is 22.7 Å². The van der Waals surface area contributed by atoms with Crippen LogP contribution in [-0.4, -0.2) is 51.1 Å². The molecule has 0 bridgehead atoms. The first-order valence-corrected chi connectivity index (χ1v) is 9.51. The highest BCUT2D eigenvalue weighted by Crippen LogP contribution is 2.26. The summed E-state index contributed by atoms with van der Waals surface area (Å²) in [5.74, 6) is -2.07. The van der Waals surface area contributed by atoms with Crippen LogP contribution in [0.25, 0.3) is 0 Å². The van der Waals surface area contributed by atoms with Crippen molar-refractivity contribution >= 4 is 35.1 Å². The van der Waals surface area contributed by atoms with Crippen LogP contribution < -0.4 is 15.0 Å². The van der Waals surface area contributed by atoms with E-state index >= 15 is 0 Å². The van der Waals surface area contributed by atoms with Crippen molar-refractivity contribution in [2.45, 2.75) is 6.42 Å². The Morgan fingerprint density at radius 1 is 1.06 bits per heavy atom. The summed E-state index contributed by atoms with van der Waals surface area (Å²) in [4.78, 5) is 49.8. The molecule has 0 aliphatic carbocycles. The second-order valence-electron chi connectivity index (χ2n) is 6.80. The van der Waals surface area contributed by atoms with Crippen LogP contribution in [0, 0.1) is 5.92 Å². The van der Waals surface area contributed by atoms with Crippen molar-refractivity contribution in [2.24, 2.45) is 5.92 Å². The SMILES string of the molecule is COC(=O)c1ccc(N2CC(C(=O)OCC(=O)Nc3ccccc3OC)CC2=O)cc1. The van der Waals surface area contributed by atoms with Crippen molar-refractivity contribution < 1.29 is 33.4 Å². The molecule has 1 atom stereocenters. The molecule has 0 aromatic heterocycles. The third-order valence-corrected chi connectivity index (χ3v) is 4.79. The van der Waals surface area contributed by atoms with Crippen LogP contribution in [0.2, 0.25) is 0 Å². The molecule has 1 aliphatic rings. The van der Waals surface area contributed by atoms with Crippen LogP contribution >= 0.6 is 0 Å².